The third-order valence-electron chi connectivity index (χ3n) is 11.2. The van der Waals surface area contributed by atoms with Gasteiger partial charge in [-0.1, -0.05) is 134 Å². The van der Waals surface area contributed by atoms with Gasteiger partial charge in [-0.05, 0) is 88.8 Å². The molecule has 3 heterocycles. The lowest BCUT2D eigenvalue weighted by molar-refractivity contribution is 1.17. The lowest BCUT2D eigenvalue weighted by Crippen LogP contribution is -2.12. The van der Waals surface area contributed by atoms with Crippen molar-refractivity contribution >= 4 is 71.3 Å². The second-order valence-corrected chi connectivity index (χ2v) is 14.3. The van der Waals surface area contributed by atoms with Crippen molar-refractivity contribution in [2.45, 2.75) is 0 Å². The van der Waals surface area contributed by atoms with Crippen molar-refractivity contribution in [1.29, 1.82) is 0 Å². The maximum atomic E-state index is 4.55. The van der Waals surface area contributed by atoms with Crippen LogP contribution in [0.1, 0.15) is 5.56 Å². The van der Waals surface area contributed by atoms with Crippen molar-refractivity contribution in [3.63, 3.8) is 0 Å². The first-order chi connectivity index (χ1) is 27.2. The van der Waals surface area contributed by atoms with Gasteiger partial charge in [0.2, 0.25) is 0 Å². The van der Waals surface area contributed by atoms with E-state index in [4.69, 9.17) is 0 Å². The number of benzene rings is 8. The molecule has 1 aliphatic heterocycles. The van der Waals surface area contributed by atoms with Crippen molar-refractivity contribution < 1.29 is 0 Å². The van der Waals surface area contributed by atoms with E-state index in [1.54, 1.807) is 0 Å². The van der Waals surface area contributed by atoms with Crippen LogP contribution in [0.5, 0.6) is 0 Å². The molecule has 1 aliphatic rings. The van der Waals surface area contributed by atoms with E-state index < -0.39 is 0 Å². The molecule has 2 aromatic heterocycles. The molecule has 0 saturated carbocycles. The normalized spacial score (nSPS) is 14.1. The minimum atomic E-state index is 0.968. The predicted molar refractivity (Wildman–Crippen MR) is 234 cm³/mol. The summed E-state index contributed by atoms with van der Waals surface area (Å²) in [5.74, 6) is 0. The van der Waals surface area contributed by atoms with E-state index in [1.165, 1.54) is 54.4 Å². The van der Waals surface area contributed by atoms with Gasteiger partial charge in [0.25, 0.3) is 0 Å². The predicted octanol–water partition coefficient (Wildman–Crippen LogP) is 13.9. The Kier molecular flexibility index (Phi) is 7.01. The number of anilines is 2. The smallest absolute Gasteiger partial charge is 0.0619 e. The Hall–Kier alpha value is -7.36. The van der Waals surface area contributed by atoms with Gasteiger partial charge in [0.15, 0.2) is 0 Å². The topological polar surface area (TPSA) is 13.1 Å². The molecule has 3 heteroatoms. The van der Waals surface area contributed by atoms with Crippen molar-refractivity contribution in [3.8, 4) is 22.5 Å². The van der Waals surface area contributed by atoms with Crippen LogP contribution < -0.4 is 4.90 Å². The van der Waals surface area contributed by atoms with Crippen molar-refractivity contribution in [2.75, 3.05) is 4.90 Å². The highest BCUT2D eigenvalue weighted by Crippen LogP contribution is 2.41. The molecule has 0 atom stereocenters. The van der Waals surface area contributed by atoms with Gasteiger partial charge < -0.3 is 14.0 Å². The summed E-state index contributed by atoms with van der Waals surface area (Å²) in [6, 6.07) is 63.8. The van der Waals surface area contributed by atoms with Gasteiger partial charge in [-0.15, -0.1) is 0 Å². The van der Waals surface area contributed by atoms with Gasteiger partial charge in [0.1, 0.15) is 0 Å². The second kappa shape index (κ2) is 12.4. The Morgan fingerprint density at radius 1 is 0.400 bits per heavy atom. The van der Waals surface area contributed by atoms with E-state index in [2.05, 4.69) is 221 Å². The third-order valence-corrected chi connectivity index (χ3v) is 11.2. The van der Waals surface area contributed by atoms with Crippen LogP contribution in [0.25, 0.3) is 82.5 Å². The fourth-order valence-corrected chi connectivity index (χ4v) is 8.67. The van der Waals surface area contributed by atoms with Crippen LogP contribution in [0.4, 0.5) is 11.4 Å². The number of nitrogens with zero attached hydrogens (tertiary/aromatic N) is 3. The number of fused-ring (bicyclic) bond motifs is 9. The van der Waals surface area contributed by atoms with Gasteiger partial charge in [-0.25, -0.2) is 0 Å². The molecular weight excluding hydrogens is 667 g/mol. The first kappa shape index (κ1) is 31.2. The second-order valence-electron chi connectivity index (χ2n) is 14.3. The molecule has 0 unspecified atom stereocenters. The zero-order valence-corrected chi connectivity index (χ0v) is 30.1. The van der Waals surface area contributed by atoms with Crippen LogP contribution in [-0.4, -0.2) is 9.13 Å². The van der Waals surface area contributed by atoms with Crippen molar-refractivity contribution in [1.82, 2.24) is 9.13 Å². The average molecular weight is 702 g/mol. The molecule has 0 spiro atoms. The standard InChI is InChI=1S/C52H35N3/c1-35-14-11-12-31-53(40-18-13-19-41(34-40)55-50-24-10-8-22-44(50)46-29-25-36-15-5-6-20-42(36)52(46)55)48-30-27-37(32-47(35)48)38-26-28-45-43-21-7-9-23-49(43)54(51(45)33-38)39-16-3-2-4-17-39/h2-34H,1H2/b14-11-,31-12-. The summed E-state index contributed by atoms with van der Waals surface area (Å²) >= 11 is 0. The summed E-state index contributed by atoms with van der Waals surface area (Å²) in [5.41, 5.74) is 13.6. The van der Waals surface area contributed by atoms with E-state index in [9.17, 15) is 0 Å². The lowest BCUT2D eigenvalue weighted by Gasteiger charge is -2.26. The average Bonchev–Trinajstić information content (AvgIpc) is 3.76. The maximum absolute atomic E-state index is 4.55. The molecule has 0 amide bonds. The van der Waals surface area contributed by atoms with E-state index in [0.717, 1.165) is 45.0 Å². The Bertz CT molecular complexity index is 3230. The minimum absolute atomic E-state index is 0.968. The molecule has 55 heavy (non-hydrogen) atoms. The van der Waals surface area contributed by atoms with Crippen LogP contribution in [0.15, 0.2) is 207 Å². The minimum Gasteiger partial charge on any atom is -0.316 e. The van der Waals surface area contributed by atoms with Crippen molar-refractivity contribution in [2.24, 2.45) is 0 Å². The van der Waals surface area contributed by atoms with Crippen LogP contribution in [0.2, 0.25) is 0 Å². The maximum Gasteiger partial charge on any atom is 0.0619 e. The number of hydrogen-bond acceptors (Lipinski definition) is 1. The molecule has 3 nitrogen and oxygen atoms in total. The molecule has 0 N–H and O–H groups in total. The molecule has 0 radical (unpaired) electrons. The summed E-state index contributed by atoms with van der Waals surface area (Å²) in [4.78, 5) is 2.29. The van der Waals surface area contributed by atoms with Gasteiger partial charge in [0.05, 0.1) is 27.8 Å². The quantitative estimate of drug-likeness (QED) is 0.178. The molecule has 0 fully saturated rings. The first-order valence-corrected chi connectivity index (χ1v) is 18.8. The largest absolute Gasteiger partial charge is 0.316 e. The Morgan fingerprint density at radius 3 is 1.89 bits per heavy atom. The molecule has 258 valence electrons. The van der Waals surface area contributed by atoms with Gasteiger partial charge >= 0.3 is 0 Å². The first-order valence-electron chi connectivity index (χ1n) is 18.8. The van der Waals surface area contributed by atoms with Gasteiger partial charge in [0, 0.05) is 55.8 Å². The van der Waals surface area contributed by atoms with E-state index in [1.807, 2.05) is 0 Å². The molecule has 10 aromatic rings. The van der Waals surface area contributed by atoms with E-state index >= 15 is 0 Å². The van der Waals surface area contributed by atoms with Crippen molar-refractivity contribution in [3.05, 3.63) is 212 Å². The summed E-state index contributed by atoms with van der Waals surface area (Å²) in [7, 11) is 0. The van der Waals surface area contributed by atoms with Gasteiger partial charge in [-0.2, -0.15) is 0 Å². The molecule has 0 saturated heterocycles. The fourth-order valence-electron chi connectivity index (χ4n) is 8.67. The fraction of sp³-hybridized carbons (Fsp3) is 0. The molecule has 0 aliphatic carbocycles. The number of allylic oxidation sites excluding steroid dienone is 4. The number of hydrogen-bond donors (Lipinski definition) is 0. The summed E-state index contributed by atoms with van der Waals surface area (Å²) in [6.45, 7) is 4.55. The SMILES string of the molecule is C=C1/C=C\C=C/N(c2cccc(-n3c4ccccc4c4ccc5ccccc5c43)c2)c2ccc(-c3ccc4c5ccccc5n(-c5ccccc5)c4c3)cc21. The van der Waals surface area contributed by atoms with Gasteiger partial charge in [-0.3, -0.25) is 0 Å². The van der Waals surface area contributed by atoms with Crippen LogP contribution >= 0.6 is 0 Å². The summed E-state index contributed by atoms with van der Waals surface area (Å²) in [5, 5.41) is 7.48. The van der Waals surface area contributed by atoms with E-state index in [0.29, 0.717) is 0 Å². The lowest BCUT2D eigenvalue weighted by atomic mass is 9.95. The zero-order chi connectivity index (χ0) is 36.5. The van der Waals surface area contributed by atoms with Crippen LogP contribution in [-0.2, 0) is 0 Å². The van der Waals surface area contributed by atoms with Crippen LogP contribution in [0.3, 0.4) is 0 Å². The molecule has 11 rings (SSSR count). The Morgan fingerprint density at radius 2 is 1.04 bits per heavy atom. The summed E-state index contributed by atoms with van der Waals surface area (Å²) in [6.07, 6.45) is 8.44. The zero-order valence-electron chi connectivity index (χ0n) is 30.1. The number of rotatable bonds is 4. The molecule has 0 bridgehead atoms. The third kappa shape index (κ3) is 4.91. The molecule has 8 aromatic carbocycles. The van der Waals surface area contributed by atoms with Crippen LogP contribution in [0, 0.1) is 0 Å². The Labute approximate surface area is 319 Å². The monoisotopic (exact) mass is 701 g/mol. The summed E-state index contributed by atoms with van der Waals surface area (Å²) < 4.78 is 4.81. The molecular formula is C52H35N3. The highest BCUT2D eigenvalue weighted by molar-refractivity contribution is 6.18. The Balaban J connectivity index is 1.06. The number of para-hydroxylation sites is 3. The highest BCUT2D eigenvalue weighted by Gasteiger charge is 2.20. The van der Waals surface area contributed by atoms with E-state index in [-0.39, 0.29) is 0 Å². The number of aromatic nitrogens is 2. The highest BCUT2D eigenvalue weighted by atomic mass is 15.1.